The highest BCUT2D eigenvalue weighted by Gasteiger charge is 2.33. The monoisotopic (exact) mass is 627 g/mol. The summed E-state index contributed by atoms with van der Waals surface area (Å²) in [7, 11) is 3.90. The Kier molecular flexibility index (Phi) is 10.2. The van der Waals surface area contributed by atoms with E-state index in [1.54, 1.807) is 23.1 Å². The van der Waals surface area contributed by atoms with Crippen LogP contribution in [-0.4, -0.2) is 85.5 Å². The van der Waals surface area contributed by atoms with Gasteiger partial charge in [0.2, 0.25) is 5.91 Å². The van der Waals surface area contributed by atoms with Crippen molar-refractivity contribution >= 4 is 40.1 Å². The minimum Gasteiger partial charge on any atom is -0.368 e. The van der Waals surface area contributed by atoms with Crippen LogP contribution in [0.4, 0.5) is 20.6 Å². The molecule has 5 rings (SSSR count). The molecule has 4 amide bonds. The molecule has 1 fully saturated rings. The zero-order chi connectivity index (χ0) is 32.8. The number of nitrogens with zero attached hydrogens (tertiary/aromatic N) is 3. The van der Waals surface area contributed by atoms with E-state index in [9.17, 15) is 18.8 Å². The molecule has 0 bridgehead atoms. The van der Waals surface area contributed by atoms with Gasteiger partial charge in [-0.3, -0.25) is 9.59 Å². The molecule has 1 aliphatic heterocycles. The van der Waals surface area contributed by atoms with Gasteiger partial charge in [0.1, 0.15) is 11.9 Å². The van der Waals surface area contributed by atoms with E-state index >= 15 is 0 Å². The Balaban J connectivity index is 1.40. The standard InChI is InChI=1S/C35H42FN7O3/c1-5-37-33(44)28-15-10-24(22-41(3)4)20-31(28)39-34(45)32(23(2)29-21-38-30-9-7-6-8-27(29)30)40-35(46)43-18-16-42(17-19-43)26-13-11-25(36)12-14-26/h6-15,20-21,23,32,38H,5,16-19,22H2,1-4H3,(H,37,44)(H,39,45)(H,40,46)/t23-,32-/m1/s1. The molecule has 11 heteroatoms. The summed E-state index contributed by atoms with van der Waals surface area (Å²) in [6, 6.07) is 18.3. The molecule has 1 aliphatic rings. The summed E-state index contributed by atoms with van der Waals surface area (Å²) in [6.07, 6.45) is 1.88. The molecule has 0 saturated carbocycles. The highest BCUT2D eigenvalue weighted by molar-refractivity contribution is 6.06. The third-order valence-electron chi connectivity index (χ3n) is 8.35. The normalized spacial score (nSPS) is 14.7. The SMILES string of the molecule is CCNC(=O)c1ccc(CN(C)C)cc1NC(=O)[C@H](NC(=O)N1CCN(c2ccc(F)cc2)CC1)[C@H](C)c1c[nH]c2ccccc12. The molecule has 0 aliphatic carbocycles. The van der Waals surface area contributed by atoms with Crippen molar-refractivity contribution in [1.29, 1.82) is 0 Å². The minimum absolute atomic E-state index is 0.293. The number of H-pyrrole nitrogens is 1. The second kappa shape index (κ2) is 14.5. The van der Waals surface area contributed by atoms with Gasteiger partial charge in [-0.2, -0.15) is 0 Å². The number of carbonyl (C=O) groups excluding carboxylic acids is 3. The summed E-state index contributed by atoms with van der Waals surface area (Å²) in [6.45, 7) is 6.83. The van der Waals surface area contributed by atoms with Gasteiger partial charge in [-0.15, -0.1) is 0 Å². The van der Waals surface area contributed by atoms with Crippen LogP contribution in [0.2, 0.25) is 0 Å². The average molecular weight is 628 g/mol. The van der Waals surface area contributed by atoms with Crippen LogP contribution in [0.25, 0.3) is 10.9 Å². The maximum atomic E-state index is 14.2. The van der Waals surface area contributed by atoms with Crippen molar-refractivity contribution < 1.29 is 18.8 Å². The summed E-state index contributed by atoms with van der Waals surface area (Å²) in [5.74, 6) is -1.43. The summed E-state index contributed by atoms with van der Waals surface area (Å²) in [5.41, 5.74) is 4.38. The smallest absolute Gasteiger partial charge is 0.318 e. The fraction of sp³-hybridized carbons (Fsp3) is 0.343. The lowest BCUT2D eigenvalue weighted by atomic mass is 9.92. The Bertz CT molecular complexity index is 1680. The molecule has 4 N–H and O–H groups in total. The van der Waals surface area contributed by atoms with Crippen molar-refractivity contribution in [2.45, 2.75) is 32.4 Å². The summed E-state index contributed by atoms with van der Waals surface area (Å²) < 4.78 is 13.4. The molecule has 10 nitrogen and oxygen atoms in total. The van der Waals surface area contributed by atoms with Gasteiger partial charge in [0, 0.05) is 68.0 Å². The number of amides is 4. The molecule has 0 spiro atoms. The minimum atomic E-state index is -0.957. The number of aromatic nitrogens is 1. The van der Waals surface area contributed by atoms with Crippen LogP contribution in [0.15, 0.2) is 72.9 Å². The van der Waals surface area contributed by atoms with Gasteiger partial charge in [-0.25, -0.2) is 9.18 Å². The van der Waals surface area contributed by atoms with Crippen molar-refractivity contribution in [2.75, 3.05) is 57.0 Å². The number of hydrogen-bond acceptors (Lipinski definition) is 5. The number of aromatic amines is 1. The zero-order valence-corrected chi connectivity index (χ0v) is 26.8. The number of nitrogens with one attached hydrogen (secondary N) is 4. The van der Waals surface area contributed by atoms with Crippen LogP contribution in [-0.2, 0) is 11.3 Å². The highest BCUT2D eigenvalue weighted by Crippen LogP contribution is 2.29. The van der Waals surface area contributed by atoms with Gasteiger partial charge in [-0.05, 0) is 74.6 Å². The maximum absolute atomic E-state index is 14.2. The average Bonchev–Trinajstić information content (AvgIpc) is 3.48. The molecular weight excluding hydrogens is 585 g/mol. The van der Waals surface area contributed by atoms with Crippen LogP contribution in [0.1, 0.15) is 41.3 Å². The lowest BCUT2D eigenvalue weighted by Gasteiger charge is -2.37. The van der Waals surface area contributed by atoms with E-state index in [0.717, 1.165) is 27.7 Å². The molecule has 1 aromatic heterocycles. The molecule has 0 unspecified atom stereocenters. The number of urea groups is 1. The molecule has 2 heterocycles. The molecule has 242 valence electrons. The molecule has 3 aromatic carbocycles. The van der Waals surface area contributed by atoms with Crippen LogP contribution in [0, 0.1) is 5.82 Å². The Hall–Kier alpha value is -4.90. The van der Waals surface area contributed by atoms with Crippen LogP contribution in [0.5, 0.6) is 0 Å². The third kappa shape index (κ3) is 7.48. The van der Waals surface area contributed by atoms with Gasteiger partial charge in [0.15, 0.2) is 0 Å². The van der Waals surface area contributed by atoms with Crippen molar-refractivity contribution in [3.05, 3.63) is 95.4 Å². The van der Waals surface area contributed by atoms with Crippen molar-refractivity contribution in [3.8, 4) is 0 Å². The van der Waals surface area contributed by atoms with Gasteiger partial charge >= 0.3 is 6.03 Å². The number of anilines is 2. The summed E-state index contributed by atoms with van der Waals surface area (Å²) in [5, 5.41) is 9.81. The zero-order valence-electron chi connectivity index (χ0n) is 26.8. The number of benzene rings is 3. The Morgan fingerprint density at radius 2 is 1.70 bits per heavy atom. The molecule has 2 atom stereocenters. The first kappa shape index (κ1) is 32.5. The number of para-hydroxylation sites is 1. The lowest BCUT2D eigenvalue weighted by molar-refractivity contribution is -0.118. The largest absolute Gasteiger partial charge is 0.368 e. The first-order valence-electron chi connectivity index (χ1n) is 15.6. The van der Waals surface area contributed by atoms with E-state index < -0.39 is 17.9 Å². The van der Waals surface area contributed by atoms with Gasteiger partial charge < -0.3 is 35.6 Å². The van der Waals surface area contributed by atoms with Gasteiger partial charge in [-0.1, -0.05) is 31.2 Å². The van der Waals surface area contributed by atoms with Crippen LogP contribution >= 0.6 is 0 Å². The topological polar surface area (TPSA) is 113 Å². The van der Waals surface area contributed by atoms with Gasteiger partial charge in [0.25, 0.3) is 5.91 Å². The highest BCUT2D eigenvalue weighted by atomic mass is 19.1. The summed E-state index contributed by atoms with van der Waals surface area (Å²) in [4.78, 5) is 50.0. The molecule has 4 aromatic rings. The number of halogens is 1. The summed E-state index contributed by atoms with van der Waals surface area (Å²) >= 11 is 0. The molecule has 46 heavy (non-hydrogen) atoms. The number of carbonyl (C=O) groups is 3. The van der Waals surface area contributed by atoms with E-state index in [1.165, 1.54) is 12.1 Å². The van der Waals surface area contributed by atoms with Crippen LogP contribution < -0.4 is 20.9 Å². The Morgan fingerprint density at radius 3 is 2.39 bits per heavy atom. The molecule has 1 saturated heterocycles. The van der Waals surface area contributed by atoms with Crippen molar-refractivity contribution in [1.82, 2.24) is 25.4 Å². The Morgan fingerprint density at radius 1 is 0.978 bits per heavy atom. The third-order valence-corrected chi connectivity index (χ3v) is 8.35. The number of rotatable bonds is 10. The van der Waals surface area contributed by atoms with E-state index in [0.29, 0.717) is 50.5 Å². The maximum Gasteiger partial charge on any atom is 0.318 e. The van der Waals surface area contributed by atoms with Crippen molar-refractivity contribution in [3.63, 3.8) is 0 Å². The van der Waals surface area contributed by atoms with E-state index in [1.807, 2.05) is 75.4 Å². The second-order valence-corrected chi connectivity index (χ2v) is 11.9. The first-order valence-corrected chi connectivity index (χ1v) is 15.6. The molecule has 0 radical (unpaired) electrons. The fourth-order valence-corrected chi connectivity index (χ4v) is 5.93. The lowest BCUT2D eigenvalue weighted by Crippen LogP contribution is -2.56. The second-order valence-electron chi connectivity index (χ2n) is 11.9. The number of hydrogen-bond donors (Lipinski definition) is 4. The number of piperazine rings is 1. The predicted octanol–water partition coefficient (Wildman–Crippen LogP) is 4.76. The number of fused-ring (bicyclic) bond motifs is 1. The van der Waals surface area contributed by atoms with E-state index in [-0.39, 0.29) is 17.8 Å². The predicted molar refractivity (Wildman–Crippen MR) is 180 cm³/mol. The first-order chi connectivity index (χ1) is 22.1. The van der Waals surface area contributed by atoms with E-state index in [2.05, 4.69) is 25.8 Å². The van der Waals surface area contributed by atoms with Gasteiger partial charge in [0.05, 0.1) is 11.3 Å². The molecular formula is C35H42FN7O3. The van der Waals surface area contributed by atoms with Crippen LogP contribution in [0.3, 0.4) is 0 Å². The van der Waals surface area contributed by atoms with Crippen molar-refractivity contribution in [2.24, 2.45) is 0 Å². The fourth-order valence-electron chi connectivity index (χ4n) is 5.93. The Labute approximate surface area is 268 Å². The van der Waals surface area contributed by atoms with E-state index in [4.69, 9.17) is 0 Å². The quantitative estimate of drug-likeness (QED) is 0.203.